The molecule has 1 aromatic rings. The SMILES string of the molecule is CC(=O)Nc1ccc(F)c(NC(=O)C2(N)CCC2)c1. The summed E-state index contributed by atoms with van der Waals surface area (Å²) in [5.74, 6) is -1.22. The summed E-state index contributed by atoms with van der Waals surface area (Å²) in [6.45, 7) is 1.35. The van der Waals surface area contributed by atoms with Gasteiger partial charge in [-0.25, -0.2) is 4.39 Å². The lowest BCUT2D eigenvalue weighted by Crippen LogP contribution is -2.56. The van der Waals surface area contributed by atoms with Gasteiger partial charge in [0.15, 0.2) is 0 Å². The minimum atomic E-state index is -0.892. The second-order valence-corrected chi connectivity index (χ2v) is 4.84. The summed E-state index contributed by atoms with van der Waals surface area (Å²) in [6, 6.07) is 3.98. The number of nitrogens with two attached hydrogens (primary N) is 1. The van der Waals surface area contributed by atoms with Crippen LogP contribution in [0.3, 0.4) is 0 Å². The number of amides is 2. The third-order valence-corrected chi connectivity index (χ3v) is 3.23. The third-order valence-electron chi connectivity index (χ3n) is 3.23. The molecule has 102 valence electrons. The average Bonchev–Trinajstić information content (AvgIpc) is 2.29. The van der Waals surface area contributed by atoms with Crippen molar-refractivity contribution < 1.29 is 14.0 Å². The highest BCUT2D eigenvalue weighted by Crippen LogP contribution is 2.31. The molecular formula is C13H16FN3O2. The van der Waals surface area contributed by atoms with Gasteiger partial charge in [-0.2, -0.15) is 0 Å². The maximum atomic E-state index is 13.6. The van der Waals surface area contributed by atoms with Gasteiger partial charge in [0.1, 0.15) is 5.82 Å². The Morgan fingerprint density at radius 3 is 2.53 bits per heavy atom. The largest absolute Gasteiger partial charge is 0.326 e. The van der Waals surface area contributed by atoms with Crippen molar-refractivity contribution in [2.75, 3.05) is 10.6 Å². The number of benzene rings is 1. The monoisotopic (exact) mass is 265 g/mol. The van der Waals surface area contributed by atoms with Crippen LogP contribution in [-0.4, -0.2) is 17.4 Å². The summed E-state index contributed by atoms with van der Waals surface area (Å²) in [4.78, 5) is 22.8. The second-order valence-electron chi connectivity index (χ2n) is 4.84. The maximum absolute atomic E-state index is 13.6. The maximum Gasteiger partial charge on any atom is 0.244 e. The molecule has 1 aromatic carbocycles. The van der Waals surface area contributed by atoms with Gasteiger partial charge < -0.3 is 16.4 Å². The molecule has 1 aliphatic carbocycles. The summed E-state index contributed by atoms with van der Waals surface area (Å²) in [6.07, 6.45) is 2.11. The van der Waals surface area contributed by atoms with Crippen LogP contribution in [0.15, 0.2) is 18.2 Å². The average molecular weight is 265 g/mol. The fourth-order valence-corrected chi connectivity index (χ4v) is 1.93. The molecule has 0 unspecified atom stereocenters. The van der Waals surface area contributed by atoms with E-state index >= 15 is 0 Å². The van der Waals surface area contributed by atoms with Gasteiger partial charge in [-0.3, -0.25) is 9.59 Å². The van der Waals surface area contributed by atoms with Crippen molar-refractivity contribution in [3.8, 4) is 0 Å². The van der Waals surface area contributed by atoms with Crippen LogP contribution in [0.25, 0.3) is 0 Å². The van der Waals surface area contributed by atoms with Gasteiger partial charge in [-0.05, 0) is 37.5 Å². The Balaban J connectivity index is 2.14. The third kappa shape index (κ3) is 2.90. The summed E-state index contributed by atoms with van der Waals surface area (Å²) in [5, 5.41) is 5.00. The lowest BCUT2D eigenvalue weighted by molar-refractivity contribution is -0.123. The highest BCUT2D eigenvalue weighted by atomic mass is 19.1. The number of carbonyl (C=O) groups is 2. The number of carbonyl (C=O) groups excluding carboxylic acids is 2. The Morgan fingerprint density at radius 1 is 1.32 bits per heavy atom. The van der Waals surface area contributed by atoms with Crippen molar-refractivity contribution in [1.82, 2.24) is 0 Å². The van der Waals surface area contributed by atoms with Crippen LogP contribution < -0.4 is 16.4 Å². The van der Waals surface area contributed by atoms with Gasteiger partial charge in [0, 0.05) is 12.6 Å². The molecule has 0 bridgehead atoms. The minimum absolute atomic E-state index is 0.0213. The summed E-state index contributed by atoms with van der Waals surface area (Å²) in [7, 11) is 0. The van der Waals surface area contributed by atoms with E-state index in [1.54, 1.807) is 0 Å². The lowest BCUT2D eigenvalue weighted by atomic mass is 9.77. The van der Waals surface area contributed by atoms with Gasteiger partial charge in [0.2, 0.25) is 11.8 Å². The molecule has 2 amide bonds. The quantitative estimate of drug-likeness (QED) is 0.776. The Hall–Kier alpha value is -1.95. The first-order valence-electron chi connectivity index (χ1n) is 6.08. The van der Waals surface area contributed by atoms with Crippen LogP contribution in [0.1, 0.15) is 26.2 Å². The highest BCUT2D eigenvalue weighted by Gasteiger charge is 2.40. The van der Waals surface area contributed by atoms with E-state index < -0.39 is 17.3 Å². The number of hydrogen-bond donors (Lipinski definition) is 3. The Labute approximate surface area is 110 Å². The number of nitrogens with one attached hydrogen (secondary N) is 2. The number of hydrogen-bond acceptors (Lipinski definition) is 3. The smallest absolute Gasteiger partial charge is 0.244 e. The highest BCUT2D eigenvalue weighted by molar-refractivity contribution is 5.99. The molecule has 0 saturated heterocycles. The normalized spacial score (nSPS) is 16.4. The van der Waals surface area contributed by atoms with Gasteiger partial charge in [0.25, 0.3) is 0 Å². The first kappa shape index (κ1) is 13.5. The van der Waals surface area contributed by atoms with Crippen molar-refractivity contribution in [3.63, 3.8) is 0 Å². The van der Waals surface area contributed by atoms with E-state index in [2.05, 4.69) is 10.6 Å². The molecule has 6 heteroatoms. The Kier molecular flexibility index (Phi) is 3.53. The fraction of sp³-hybridized carbons (Fsp3) is 0.385. The Morgan fingerprint density at radius 2 is 2.00 bits per heavy atom. The molecule has 1 saturated carbocycles. The Bertz CT molecular complexity index is 527. The summed E-state index contributed by atoms with van der Waals surface area (Å²) in [5.41, 5.74) is 5.41. The van der Waals surface area contributed by atoms with Crippen LogP contribution in [0, 0.1) is 5.82 Å². The molecule has 19 heavy (non-hydrogen) atoms. The van der Waals surface area contributed by atoms with Crippen molar-refractivity contribution in [2.45, 2.75) is 31.7 Å². The zero-order valence-corrected chi connectivity index (χ0v) is 10.6. The predicted molar refractivity (Wildman–Crippen MR) is 70.1 cm³/mol. The van der Waals surface area contributed by atoms with E-state index in [4.69, 9.17) is 5.73 Å². The zero-order valence-electron chi connectivity index (χ0n) is 10.6. The molecule has 4 N–H and O–H groups in total. The number of anilines is 2. The van der Waals surface area contributed by atoms with Gasteiger partial charge in [-0.15, -0.1) is 0 Å². The summed E-state index contributed by atoms with van der Waals surface area (Å²) < 4.78 is 13.6. The molecule has 0 atom stereocenters. The molecule has 0 aliphatic heterocycles. The molecule has 0 radical (unpaired) electrons. The topological polar surface area (TPSA) is 84.2 Å². The van der Waals surface area contributed by atoms with Crippen molar-refractivity contribution >= 4 is 23.2 Å². The van der Waals surface area contributed by atoms with Crippen LogP contribution in [0.4, 0.5) is 15.8 Å². The van der Waals surface area contributed by atoms with E-state index in [-0.39, 0.29) is 11.6 Å². The molecule has 2 rings (SSSR count). The molecule has 1 aliphatic rings. The fourth-order valence-electron chi connectivity index (χ4n) is 1.93. The minimum Gasteiger partial charge on any atom is -0.326 e. The predicted octanol–water partition coefficient (Wildman–Crippen LogP) is 1.60. The zero-order chi connectivity index (χ0) is 14.0. The second kappa shape index (κ2) is 4.97. The lowest BCUT2D eigenvalue weighted by Gasteiger charge is -2.36. The van der Waals surface area contributed by atoms with Gasteiger partial charge >= 0.3 is 0 Å². The van der Waals surface area contributed by atoms with Crippen LogP contribution >= 0.6 is 0 Å². The molecule has 0 aromatic heterocycles. The standard InChI is InChI=1S/C13H16FN3O2/c1-8(18)16-9-3-4-10(14)11(7-9)17-12(19)13(15)5-2-6-13/h3-4,7H,2,5-6,15H2,1H3,(H,16,18)(H,17,19). The van der Waals surface area contributed by atoms with E-state index in [1.807, 2.05) is 0 Å². The molecule has 0 spiro atoms. The van der Waals surface area contributed by atoms with E-state index in [1.165, 1.54) is 25.1 Å². The van der Waals surface area contributed by atoms with Crippen molar-refractivity contribution in [2.24, 2.45) is 5.73 Å². The molecular weight excluding hydrogens is 249 g/mol. The first-order valence-corrected chi connectivity index (χ1v) is 6.08. The molecule has 0 heterocycles. The molecule has 5 nitrogen and oxygen atoms in total. The van der Waals surface area contributed by atoms with Crippen molar-refractivity contribution in [1.29, 1.82) is 0 Å². The number of rotatable bonds is 3. The van der Waals surface area contributed by atoms with Gasteiger partial charge in [0.05, 0.1) is 11.2 Å². The van der Waals surface area contributed by atoms with Crippen LogP contribution in [0.2, 0.25) is 0 Å². The van der Waals surface area contributed by atoms with Crippen LogP contribution in [0.5, 0.6) is 0 Å². The number of halogens is 1. The van der Waals surface area contributed by atoms with E-state index in [0.717, 1.165) is 6.42 Å². The van der Waals surface area contributed by atoms with Crippen molar-refractivity contribution in [3.05, 3.63) is 24.0 Å². The summed E-state index contributed by atoms with van der Waals surface area (Å²) >= 11 is 0. The van der Waals surface area contributed by atoms with E-state index in [9.17, 15) is 14.0 Å². The van der Waals surface area contributed by atoms with Gasteiger partial charge in [-0.1, -0.05) is 0 Å². The first-order chi connectivity index (χ1) is 8.90. The molecule has 1 fully saturated rings. The van der Waals surface area contributed by atoms with E-state index in [0.29, 0.717) is 18.5 Å². The van der Waals surface area contributed by atoms with Crippen LogP contribution in [-0.2, 0) is 9.59 Å².